The fraction of sp³-hybridized carbons (Fsp3) is 0.231. The molecule has 0 fully saturated rings. The second-order valence-corrected chi connectivity index (χ2v) is 8.76. The van der Waals surface area contributed by atoms with Crippen LogP contribution in [0.4, 0.5) is 18.9 Å². The molecule has 0 bridgehead atoms. The first-order valence-electron chi connectivity index (χ1n) is 11.0. The smallest absolute Gasteiger partial charge is 0.416 e. The number of fused-ring (bicyclic) bond motifs is 1. The highest BCUT2D eigenvalue weighted by Crippen LogP contribution is 2.40. The number of aryl methyl sites for hydroxylation is 1. The van der Waals surface area contributed by atoms with Crippen LogP contribution in [0.15, 0.2) is 54.6 Å². The lowest BCUT2D eigenvalue weighted by Gasteiger charge is -2.19. The standard InChI is InChI=1S/C26H22ClF3N2O3/c1-2-3-5-14-8-9-20(27)19(10-14)23-22-18(25(35)32-23)6-4-7-21(22)31-24(34)15-11-16(26(28,29)30)13-17(33)12-15/h4,6-13,23,33H,2-3,5H2,1H3,(H,31,34)(H,32,35). The number of aromatic hydroxyl groups is 1. The molecule has 3 aromatic carbocycles. The first-order chi connectivity index (χ1) is 16.6. The van der Waals surface area contributed by atoms with Gasteiger partial charge in [-0.2, -0.15) is 13.2 Å². The number of anilines is 1. The molecule has 1 aliphatic rings. The monoisotopic (exact) mass is 502 g/mol. The third-order valence-electron chi connectivity index (χ3n) is 5.86. The number of carbonyl (C=O) groups is 2. The van der Waals surface area contributed by atoms with Crippen LogP contribution in [0.1, 0.15) is 68.8 Å². The summed E-state index contributed by atoms with van der Waals surface area (Å²) in [6, 6.07) is 11.8. The number of phenols is 1. The van der Waals surface area contributed by atoms with Crippen LogP contribution in [0.5, 0.6) is 5.75 Å². The van der Waals surface area contributed by atoms with Crippen LogP contribution < -0.4 is 10.6 Å². The lowest BCUT2D eigenvalue weighted by atomic mass is 9.94. The Balaban J connectivity index is 1.72. The molecule has 35 heavy (non-hydrogen) atoms. The average molecular weight is 503 g/mol. The van der Waals surface area contributed by atoms with Gasteiger partial charge in [-0.1, -0.05) is 43.1 Å². The van der Waals surface area contributed by atoms with Crippen molar-refractivity contribution in [2.75, 3.05) is 5.32 Å². The van der Waals surface area contributed by atoms with E-state index in [1.165, 1.54) is 0 Å². The summed E-state index contributed by atoms with van der Waals surface area (Å²) < 4.78 is 39.4. The molecule has 5 nitrogen and oxygen atoms in total. The van der Waals surface area contributed by atoms with Crippen molar-refractivity contribution in [2.24, 2.45) is 0 Å². The van der Waals surface area contributed by atoms with Gasteiger partial charge in [-0.25, -0.2) is 0 Å². The maximum Gasteiger partial charge on any atom is 0.416 e. The maximum absolute atomic E-state index is 13.1. The molecule has 4 rings (SSSR count). The highest BCUT2D eigenvalue weighted by Gasteiger charge is 2.35. The van der Waals surface area contributed by atoms with E-state index in [1.807, 2.05) is 12.1 Å². The first kappa shape index (κ1) is 24.6. The number of phenolic OH excluding ortho intramolecular Hbond substituents is 1. The average Bonchev–Trinajstić information content (AvgIpc) is 3.15. The third kappa shape index (κ3) is 5.12. The summed E-state index contributed by atoms with van der Waals surface area (Å²) in [5.41, 5.74) is 1.24. The van der Waals surface area contributed by atoms with Crippen molar-refractivity contribution >= 4 is 29.1 Å². The number of nitrogens with one attached hydrogen (secondary N) is 2. The minimum absolute atomic E-state index is 0.253. The van der Waals surface area contributed by atoms with Crippen molar-refractivity contribution in [1.82, 2.24) is 5.32 Å². The number of benzene rings is 3. The fourth-order valence-electron chi connectivity index (χ4n) is 4.15. The van der Waals surface area contributed by atoms with E-state index in [9.17, 15) is 27.9 Å². The van der Waals surface area contributed by atoms with Gasteiger partial charge in [-0.15, -0.1) is 0 Å². The van der Waals surface area contributed by atoms with Crippen molar-refractivity contribution in [3.05, 3.63) is 93.0 Å². The molecule has 2 amide bonds. The van der Waals surface area contributed by atoms with E-state index in [0.717, 1.165) is 30.9 Å². The van der Waals surface area contributed by atoms with Crippen LogP contribution >= 0.6 is 11.6 Å². The Morgan fingerprint density at radius 2 is 1.91 bits per heavy atom. The predicted octanol–water partition coefficient (Wildman–Crippen LogP) is 6.49. The molecule has 1 aliphatic heterocycles. The van der Waals surface area contributed by atoms with Crippen molar-refractivity contribution in [3.63, 3.8) is 0 Å². The molecule has 3 N–H and O–H groups in total. The number of hydrogen-bond acceptors (Lipinski definition) is 3. The molecule has 0 aromatic heterocycles. The van der Waals surface area contributed by atoms with Gasteiger partial charge in [0.05, 0.1) is 11.6 Å². The first-order valence-corrected chi connectivity index (χ1v) is 11.4. The molecule has 0 saturated carbocycles. The quantitative estimate of drug-likeness (QED) is 0.360. The fourth-order valence-corrected chi connectivity index (χ4v) is 4.38. The van der Waals surface area contributed by atoms with Crippen LogP contribution in [0.3, 0.4) is 0 Å². The van der Waals surface area contributed by atoms with Crippen molar-refractivity contribution in [2.45, 2.75) is 38.4 Å². The van der Waals surface area contributed by atoms with Crippen LogP contribution in [-0.2, 0) is 12.6 Å². The number of halogens is 4. The van der Waals surface area contributed by atoms with Gasteiger partial charge in [0, 0.05) is 27.4 Å². The summed E-state index contributed by atoms with van der Waals surface area (Å²) in [6.45, 7) is 2.09. The molecular formula is C26H22ClF3N2O3. The number of unbranched alkanes of at least 4 members (excludes halogenated alkanes) is 1. The molecule has 0 aliphatic carbocycles. The lowest BCUT2D eigenvalue weighted by molar-refractivity contribution is -0.137. The summed E-state index contributed by atoms with van der Waals surface area (Å²) in [5.74, 6) is -1.90. The zero-order valence-electron chi connectivity index (χ0n) is 18.7. The van der Waals surface area contributed by atoms with Gasteiger partial charge in [-0.3, -0.25) is 9.59 Å². The van der Waals surface area contributed by atoms with Crippen LogP contribution in [0, 0.1) is 0 Å². The van der Waals surface area contributed by atoms with Gasteiger partial charge in [0.15, 0.2) is 0 Å². The van der Waals surface area contributed by atoms with E-state index in [2.05, 4.69) is 17.6 Å². The Hall–Kier alpha value is -3.52. The lowest BCUT2D eigenvalue weighted by Crippen LogP contribution is -2.21. The van der Waals surface area contributed by atoms with E-state index in [1.54, 1.807) is 24.3 Å². The Labute approximate surface area is 204 Å². The Morgan fingerprint density at radius 3 is 2.63 bits per heavy atom. The van der Waals surface area contributed by atoms with E-state index >= 15 is 0 Å². The summed E-state index contributed by atoms with van der Waals surface area (Å²) in [5, 5.41) is 15.6. The van der Waals surface area contributed by atoms with Crippen molar-refractivity contribution < 1.29 is 27.9 Å². The molecule has 0 radical (unpaired) electrons. The number of rotatable bonds is 6. The number of amides is 2. The normalized spacial score (nSPS) is 15.0. The Morgan fingerprint density at radius 1 is 1.14 bits per heavy atom. The highest BCUT2D eigenvalue weighted by atomic mass is 35.5. The zero-order valence-corrected chi connectivity index (χ0v) is 19.4. The Kier molecular flexibility index (Phi) is 6.76. The van der Waals surface area contributed by atoms with Crippen LogP contribution in [-0.4, -0.2) is 16.9 Å². The molecule has 3 aromatic rings. The summed E-state index contributed by atoms with van der Waals surface area (Å²) in [6.07, 6.45) is -1.89. The largest absolute Gasteiger partial charge is 0.508 e. The minimum Gasteiger partial charge on any atom is -0.508 e. The van der Waals surface area contributed by atoms with Crippen molar-refractivity contribution in [1.29, 1.82) is 0 Å². The van der Waals surface area contributed by atoms with Gasteiger partial charge >= 0.3 is 6.18 Å². The topological polar surface area (TPSA) is 78.4 Å². The predicted molar refractivity (Wildman–Crippen MR) is 127 cm³/mol. The summed E-state index contributed by atoms with van der Waals surface area (Å²) in [4.78, 5) is 25.6. The second-order valence-electron chi connectivity index (χ2n) is 8.35. The Bertz CT molecular complexity index is 1310. The zero-order chi connectivity index (χ0) is 25.3. The number of alkyl halides is 3. The van der Waals surface area contributed by atoms with Crippen LogP contribution in [0.2, 0.25) is 5.02 Å². The number of hydrogen-bond donors (Lipinski definition) is 3. The minimum atomic E-state index is -4.73. The maximum atomic E-state index is 13.1. The van der Waals surface area contributed by atoms with Gasteiger partial charge < -0.3 is 15.7 Å². The van der Waals surface area contributed by atoms with Gasteiger partial charge in [0.25, 0.3) is 11.8 Å². The van der Waals surface area contributed by atoms with Crippen LogP contribution in [0.25, 0.3) is 0 Å². The number of carbonyl (C=O) groups excluding carboxylic acids is 2. The molecular weight excluding hydrogens is 481 g/mol. The third-order valence-corrected chi connectivity index (χ3v) is 6.20. The second kappa shape index (κ2) is 9.62. The molecule has 1 unspecified atom stereocenters. The molecule has 9 heteroatoms. The van der Waals surface area contributed by atoms with E-state index in [-0.39, 0.29) is 17.2 Å². The summed E-state index contributed by atoms with van der Waals surface area (Å²) >= 11 is 6.48. The van der Waals surface area contributed by atoms with Gasteiger partial charge in [0.1, 0.15) is 5.75 Å². The van der Waals surface area contributed by atoms with Crippen molar-refractivity contribution in [3.8, 4) is 5.75 Å². The van der Waals surface area contributed by atoms with E-state index in [0.29, 0.717) is 33.8 Å². The van der Waals surface area contributed by atoms with Gasteiger partial charge in [0.2, 0.25) is 0 Å². The van der Waals surface area contributed by atoms with Gasteiger partial charge in [-0.05, 0) is 60.4 Å². The van der Waals surface area contributed by atoms with E-state index < -0.39 is 29.4 Å². The molecule has 0 saturated heterocycles. The SMILES string of the molecule is CCCCc1ccc(Cl)c(C2NC(=O)c3cccc(NC(=O)c4cc(O)cc(C(F)(F)F)c4)c32)c1. The van der Waals surface area contributed by atoms with E-state index in [4.69, 9.17) is 11.6 Å². The molecule has 182 valence electrons. The summed E-state index contributed by atoms with van der Waals surface area (Å²) in [7, 11) is 0. The molecule has 0 spiro atoms. The molecule has 1 heterocycles. The molecule has 1 atom stereocenters. The highest BCUT2D eigenvalue weighted by molar-refractivity contribution is 6.31.